The SMILES string of the molecule is Cc1ccc(C)c(S(=O)(=O)NC(=O)/C=C/c2cccc([N+](=O)[O-])c2)c1. The van der Waals surface area contributed by atoms with E-state index in [1.165, 1.54) is 30.3 Å². The van der Waals surface area contributed by atoms with E-state index in [9.17, 15) is 23.3 Å². The minimum atomic E-state index is -4.00. The van der Waals surface area contributed by atoms with E-state index in [4.69, 9.17) is 0 Å². The molecule has 0 radical (unpaired) electrons. The van der Waals surface area contributed by atoms with E-state index in [0.717, 1.165) is 11.6 Å². The first kappa shape index (κ1) is 18.3. The highest BCUT2D eigenvalue weighted by Gasteiger charge is 2.18. The number of amides is 1. The van der Waals surface area contributed by atoms with Crippen molar-refractivity contribution < 1.29 is 18.1 Å². The van der Waals surface area contributed by atoms with Gasteiger partial charge >= 0.3 is 0 Å². The molecule has 0 atom stereocenters. The lowest BCUT2D eigenvalue weighted by Gasteiger charge is -2.08. The Bertz CT molecular complexity index is 965. The number of carbonyl (C=O) groups excluding carboxylic acids is 1. The molecule has 1 amide bonds. The van der Waals surface area contributed by atoms with Crippen molar-refractivity contribution in [1.82, 2.24) is 4.72 Å². The highest BCUT2D eigenvalue weighted by atomic mass is 32.2. The van der Waals surface area contributed by atoms with Crippen molar-refractivity contribution >= 4 is 27.7 Å². The first-order chi connectivity index (χ1) is 11.7. The lowest BCUT2D eigenvalue weighted by Crippen LogP contribution is -2.29. The van der Waals surface area contributed by atoms with Crippen LogP contribution in [0.15, 0.2) is 53.4 Å². The Morgan fingerprint density at radius 1 is 1.16 bits per heavy atom. The van der Waals surface area contributed by atoms with E-state index in [1.807, 2.05) is 4.72 Å². The average Bonchev–Trinajstić information content (AvgIpc) is 2.55. The predicted octanol–water partition coefficient (Wildman–Crippen LogP) is 2.73. The summed E-state index contributed by atoms with van der Waals surface area (Å²) in [5.74, 6) is -0.840. The van der Waals surface area contributed by atoms with Gasteiger partial charge in [-0.3, -0.25) is 14.9 Å². The molecule has 0 saturated heterocycles. The molecule has 7 nitrogen and oxygen atoms in total. The van der Waals surface area contributed by atoms with Gasteiger partial charge in [0.05, 0.1) is 9.82 Å². The molecule has 0 aliphatic carbocycles. The summed E-state index contributed by atoms with van der Waals surface area (Å²) >= 11 is 0. The number of nitrogens with one attached hydrogen (secondary N) is 1. The Morgan fingerprint density at radius 2 is 1.88 bits per heavy atom. The molecule has 25 heavy (non-hydrogen) atoms. The lowest BCUT2D eigenvalue weighted by molar-refractivity contribution is -0.384. The summed E-state index contributed by atoms with van der Waals surface area (Å²) in [5, 5.41) is 10.7. The molecule has 2 aromatic carbocycles. The van der Waals surface area contributed by atoms with Crippen molar-refractivity contribution in [2.45, 2.75) is 18.7 Å². The number of aryl methyl sites for hydroxylation is 2. The third-order valence-corrected chi connectivity index (χ3v) is 4.87. The lowest BCUT2D eigenvalue weighted by atomic mass is 10.2. The molecule has 0 saturated carbocycles. The normalized spacial score (nSPS) is 11.4. The first-order valence-electron chi connectivity index (χ1n) is 7.25. The zero-order valence-corrected chi connectivity index (χ0v) is 14.4. The molecule has 0 spiro atoms. The third kappa shape index (κ3) is 4.74. The fourth-order valence-electron chi connectivity index (χ4n) is 2.13. The number of benzene rings is 2. The summed E-state index contributed by atoms with van der Waals surface area (Å²) in [5.41, 5.74) is 1.57. The summed E-state index contributed by atoms with van der Waals surface area (Å²) in [4.78, 5) is 22.1. The Labute approximate surface area is 145 Å². The van der Waals surface area contributed by atoms with Crippen LogP contribution in [0.1, 0.15) is 16.7 Å². The molecular weight excluding hydrogens is 344 g/mol. The summed E-state index contributed by atoms with van der Waals surface area (Å²) in [7, 11) is -4.00. The largest absolute Gasteiger partial charge is 0.270 e. The first-order valence-corrected chi connectivity index (χ1v) is 8.74. The van der Waals surface area contributed by atoms with Gasteiger partial charge in [0, 0.05) is 18.2 Å². The minimum Gasteiger partial charge on any atom is -0.269 e. The van der Waals surface area contributed by atoms with Gasteiger partial charge in [-0.1, -0.05) is 24.3 Å². The Balaban J connectivity index is 2.18. The van der Waals surface area contributed by atoms with E-state index in [0.29, 0.717) is 11.1 Å². The van der Waals surface area contributed by atoms with Gasteiger partial charge in [0.1, 0.15) is 0 Å². The van der Waals surface area contributed by atoms with Crippen molar-refractivity contribution in [3.8, 4) is 0 Å². The zero-order valence-electron chi connectivity index (χ0n) is 13.6. The molecule has 2 aromatic rings. The maximum absolute atomic E-state index is 12.3. The number of hydrogen-bond donors (Lipinski definition) is 1. The molecule has 0 fully saturated rings. The van der Waals surface area contributed by atoms with Gasteiger partial charge in [-0.2, -0.15) is 0 Å². The van der Waals surface area contributed by atoms with E-state index in [-0.39, 0.29) is 10.6 Å². The number of carbonyl (C=O) groups is 1. The van der Waals surface area contributed by atoms with Crippen molar-refractivity contribution in [2.24, 2.45) is 0 Å². The fraction of sp³-hybridized carbons (Fsp3) is 0.118. The Hall–Kier alpha value is -3.00. The molecule has 0 heterocycles. The number of rotatable bonds is 5. The van der Waals surface area contributed by atoms with E-state index < -0.39 is 20.9 Å². The van der Waals surface area contributed by atoms with Crippen molar-refractivity contribution in [1.29, 1.82) is 0 Å². The molecule has 0 bridgehead atoms. The van der Waals surface area contributed by atoms with Gasteiger partial charge in [-0.15, -0.1) is 0 Å². The van der Waals surface area contributed by atoms with Crippen LogP contribution in [0.4, 0.5) is 5.69 Å². The summed E-state index contributed by atoms with van der Waals surface area (Å²) < 4.78 is 26.6. The van der Waals surface area contributed by atoms with Crippen LogP contribution in [0.5, 0.6) is 0 Å². The van der Waals surface area contributed by atoms with Crippen molar-refractivity contribution in [2.75, 3.05) is 0 Å². The molecule has 0 unspecified atom stereocenters. The number of nitro benzene ring substituents is 1. The average molecular weight is 360 g/mol. The molecule has 0 aliphatic heterocycles. The molecule has 0 aliphatic rings. The van der Waals surface area contributed by atoms with Gasteiger partial charge in [-0.05, 0) is 42.7 Å². The second-order valence-corrected chi connectivity index (χ2v) is 7.07. The second-order valence-electron chi connectivity index (χ2n) is 5.42. The maximum Gasteiger partial charge on any atom is 0.270 e. The second kappa shape index (κ2) is 7.27. The quantitative estimate of drug-likeness (QED) is 0.501. The van der Waals surface area contributed by atoms with Crippen molar-refractivity contribution in [3.05, 3.63) is 75.3 Å². The Morgan fingerprint density at radius 3 is 2.56 bits per heavy atom. The predicted molar refractivity (Wildman–Crippen MR) is 93.4 cm³/mol. The van der Waals surface area contributed by atoms with Crippen LogP contribution in [-0.2, 0) is 14.8 Å². The number of sulfonamides is 1. The highest BCUT2D eigenvalue weighted by molar-refractivity contribution is 7.90. The highest BCUT2D eigenvalue weighted by Crippen LogP contribution is 2.17. The van der Waals surface area contributed by atoms with Crippen LogP contribution in [0, 0.1) is 24.0 Å². The van der Waals surface area contributed by atoms with Crippen LogP contribution < -0.4 is 4.72 Å². The molecular formula is C17H16N2O5S. The number of nitro groups is 1. The molecule has 130 valence electrons. The standard InChI is InChI=1S/C17H16N2O5S/c1-12-6-7-13(2)16(10-12)25(23,24)18-17(20)9-8-14-4-3-5-15(11-14)19(21)22/h3-11H,1-2H3,(H,18,20)/b9-8+. The minimum absolute atomic E-state index is 0.0320. The van der Waals surface area contributed by atoms with Crippen LogP contribution in [0.2, 0.25) is 0 Å². The number of non-ortho nitro benzene ring substituents is 1. The summed E-state index contributed by atoms with van der Waals surface area (Å²) in [6.45, 7) is 3.39. The van der Waals surface area contributed by atoms with Crippen molar-refractivity contribution in [3.63, 3.8) is 0 Å². The molecule has 8 heteroatoms. The van der Waals surface area contributed by atoms with Gasteiger partial charge in [0.25, 0.3) is 21.6 Å². The van der Waals surface area contributed by atoms with Crippen LogP contribution in [0.3, 0.4) is 0 Å². The van der Waals surface area contributed by atoms with Gasteiger partial charge in [-0.25, -0.2) is 13.1 Å². The molecule has 0 aromatic heterocycles. The van der Waals surface area contributed by atoms with E-state index in [2.05, 4.69) is 0 Å². The number of hydrogen-bond acceptors (Lipinski definition) is 5. The van der Waals surface area contributed by atoms with E-state index >= 15 is 0 Å². The third-order valence-electron chi connectivity index (χ3n) is 3.38. The van der Waals surface area contributed by atoms with E-state index in [1.54, 1.807) is 32.0 Å². The monoisotopic (exact) mass is 360 g/mol. The van der Waals surface area contributed by atoms with Crippen LogP contribution in [-0.4, -0.2) is 19.2 Å². The summed E-state index contributed by atoms with van der Waals surface area (Å²) in [6.07, 6.45) is 2.32. The Kier molecular flexibility index (Phi) is 5.33. The number of nitrogens with zero attached hydrogens (tertiary/aromatic N) is 1. The van der Waals surface area contributed by atoms with Gasteiger partial charge in [0.2, 0.25) is 0 Å². The zero-order chi connectivity index (χ0) is 18.6. The molecule has 1 N–H and O–H groups in total. The fourth-order valence-corrected chi connectivity index (χ4v) is 3.41. The van der Waals surface area contributed by atoms with Crippen LogP contribution >= 0.6 is 0 Å². The topological polar surface area (TPSA) is 106 Å². The van der Waals surface area contributed by atoms with Crippen LogP contribution in [0.25, 0.3) is 6.08 Å². The van der Waals surface area contributed by atoms with Gasteiger partial charge < -0.3 is 0 Å². The maximum atomic E-state index is 12.3. The summed E-state index contributed by atoms with van der Waals surface area (Å²) in [6, 6.07) is 10.6. The van der Waals surface area contributed by atoms with Gasteiger partial charge in [0.15, 0.2) is 0 Å². The smallest absolute Gasteiger partial charge is 0.269 e. The molecule has 2 rings (SSSR count).